The molecule has 108 valence electrons. The number of rotatable bonds is 8. The average Bonchev–Trinajstić information content (AvgIpc) is 2.35. The Kier molecular flexibility index (Phi) is 7.06. The van der Waals surface area contributed by atoms with Gasteiger partial charge in [0.15, 0.2) is 0 Å². The fraction of sp³-hybridized carbons (Fsp3) is 0.625. The molecule has 1 rings (SSSR count). The van der Waals surface area contributed by atoms with Crippen LogP contribution in [-0.4, -0.2) is 45.3 Å². The van der Waals surface area contributed by atoms with Crippen molar-refractivity contribution in [2.75, 3.05) is 40.4 Å². The Morgan fingerprint density at radius 1 is 1.16 bits per heavy atom. The van der Waals surface area contributed by atoms with E-state index in [-0.39, 0.29) is 0 Å². The van der Waals surface area contributed by atoms with Crippen LogP contribution in [0.2, 0.25) is 0 Å². The highest BCUT2D eigenvalue weighted by Crippen LogP contribution is 2.16. The lowest BCUT2D eigenvalue weighted by molar-refractivity contribution is 0.161. The van der Waals surface area contributed by atoms with E-state index in [2.05, 4.69) is 56.2 Å². The van der Waals surface area contributed by atoms with Crippen molar-refractivity contribution in [1.82, 2.24) is 10.2 Å². The van der Waals surface area contributed by atoms with Gasteiger partial charge in [0.25, 0.3) is 0 Å². The summed E-state index contributed by atoms with van der Waals surface area (Å²) in [6.07, 6.45) is 0. The van der Waals surface area contributed by atoms with Crippen molar-refractivity contribution in [3.05, 3.63) is 34.9 Å². The van der Waals surface area contributed by atoms with Crippen LogP contribution >= 0.6 is 0 Å². The number of nitrogens with one attached hydrogen (secondary N) is 1. The lowest BCUT2D eigenvalue weighted by atomic mass is 10.0. The van der Waals surface area contributed by atoms with Crippen molar-refractivity contribution >= 4 is 0 Å². The zero-order valence-corrected chi connectivity index (χ0v) is 13.0. The van der Waals surface area contributed by atoms with E-state index < -0.39 is 0 Å². The molecule has 0 radical (unpaired) electrons. The summed E-state index contributed by atoms with van der Waals surface area (Å²) in [7, 11) is 3.87. The van der Waals surface area contributed by atoms with Gasteiger partial charge in [-0.3, -0.25) is 0 Å². The molecule has 3 heteroatoms. The van der Waals surface area contributed by atoms with E-state index in [1.165, 1.54) is 16.7 Å². The van der Waals surface area contributed by atoms with Crippen LogP contribution in [-0.2, 0) is 4.74 Å². The fourth-order valence-corrected chi connectivity index (χ4v) is 2.21. The normalized spacial score (nSPS) is 12.9. The summed E-state index contributed by atoms with van der Waals surface area (Å²) in [6, 6.07) is 7.14. The minimum atomic E-state index is 0.398. The summed E-state index contributed by atoms with van der Waals surface area (Å²) in [5.41, 5.74) is 4.04. The van der Waals surface area contributed by atoms with E-state index in [0.29, 0.717) is 6.04 Å². The average molecular weight is 264 g/mol. The van der Waals surface area contributed by atoms with Crippen LogP contribution in [0.1, 0.15) is 29.7 Å². The van der Waals surface area contributed by atoms with Gasteiger partial charge in [0.2, 0.25) is 0 Å². The van der Waals surface area contributed by atoms with Gasteiger partial charge in [0, 0.05) is 32.8 Å². The largest absolute Gasteiger partial charge is 0.383 e. The van der Waals surface area contributed by atoms with Crippen LogP contribution in [0.5, 0.6) is 0 Å². The predicted octanol–water partition coefficient (Wildman–Crippen LogP) is 2.53. The van der Waals surface area contributed by atoms with Gasteiger partial charge in [-0.1, -0.05) is 29.3 Å². The Morgan fingerprint density at radius 3 is 2.37 bits per heavy atom. The van der Waals surface area contributed by atoms with E-state index in [1.807, 2.05) is 0 Å². The first kappa shape index (κ1) is 16.2. The Hall–Kier alpha value is -0.900. The maximum atomic E-state index is 5.07. The monoisotopic (exact) mass is 264 g/mol. The van der Waals surface area contributed by atoms with Crippen molar-refractivity contribution in [2.24, 2.45) is 0 Å². The molecule has 1 aromatic carbocycles. The molecular formula is C16H28N2O. The summed E-state index contributed by atoms with van der Waals surface area (Å²) >= 11 is 0. The van der Waals surface area contributed by atoms with Crippen molar-refractivity contribution in [2.45, 2.75) is 26.8 Å². The topological polar surface area (TPSA) is 24.5 Å². The second-order valence-electron chi connectivity index (χ2n) is 5.39. The SMILES string of the molecule is COCCN(C)CCNC(C)c1cc(C)cc(C)c1. The van der Waals surface area contributed by atoms with Gasteiger partial charge >= 0.3 is 0 Å². The van der Waals surface area contributed by atoms with Crippen LogP contribution in [0.3, 0.4) is 0 Å². The van der Waals surface area contributed by atoms with Crippen LogP contribution in [0.4, 0.5) is 0 Å². The van der Waals surface area contributed by atoms with Crippen LogP contribution in [0.15, 0.2) is 18.2 Å². The standard InChI is InChI=1S/C16H28N2O/c1-13-10-14(2)12-16(11-13)15(3)17-6-7-18(4)8-9-19-5/h10-12,15,17H,6-9H2,1-5H3. The molecule has 1 N–H and O–H groups in total. The molecule has 19 heavy (non-hydrogen) atoms. The Labute approximate surface area is 118 Å². The molecule has 0 bridgehead atoms. The highest BCUT2D eigenvalue weighted by Gasteiger charge is 2.06. The first-order valence-corrected chi connectivity index (χ1v) is 7.02. The molecule has 3 nitrogen and oxygen atoms in total. The highest BCUT2D eigenvalue weighted by atomic mass is 16.5. The van der Waals surface area contributed by atoms with Crippen molar-refractivity contribution in [3.63, 3.8) is 0 Å². The number of hydrogen-bond acceptors (Lipinski definition) is 3. The minimum Gasteiger partial charge on any atom is -0.383 e. The van der Waals surface area contributed by atoms with Crippen LogP contribution in [0, 0.1) is 13.8 Å². The van der Waals surface area contributed by atoms with Gasteiger partial charge in [-0.25, -0.2) is 0 Å². The van der Waals surface area contributed by atoms with Crippen LogP contribution < -0.4 is 5.32 Å². The number of nitrogens with zero attached hydrogens (tertiary/aromatic N) is 1. The summed E-state index contributed by atoms with van der Waals surface area (Å²) in [5, 5.41) is 3.58. The number of hydrogen-bond donors (Lipinski definition) is 1. The van der Waals surface area contributed by atoms with Crippen molar-refractivity contribution < 1.29 is 4.74 Å². The third kappa shape index (κ3) is 6.19. The molecule has 0 aliphatic rings. The highest BCUT2D eigenvalue weighted by molar-refractivity contribution is 5.30. The molecule has 1 aromatic rings. The molecule has 0 saturated heterocycles. The number of aryl methyl sites for hydroxylation is 2. The number of methoxy groups -OCH3 is 1. The third-order valence-electron chi connectivity index (χ3n) is 3.37. The van der Waals surface area contributed by atoms with Gasteiger partial charge in [-0.2, -0.15) is 0 Å². The predicted molar refractivity (Wildman–Crippen MR) is 81.7 cm³/mol. The van der Waals surface area contributed by atoms with Gasteiger partial charge < -0.3 is 15.0 Å². The lowest BCUT2D eigenvalue weighted by Gasteiger charge is -2.20. The van der Waals surface area contributed by atoms with Crippen LogP contribution in [0.25, 0.3) is 0 Å². The molecular weight excluding hydrogens is 236 g/mol. The van der Waals surface area contributed by atoms with E-state index in [1.54, 1.807) is 7.11 Å². The maximum absolute atomic E-state index is 5.07. The number of benzene rings is 1. The Balaban J connectivity index is 2.36. The van der Waals surface area contributed by atoms with E-state index in [9.17, 15) is 0 Å². The number of likely N-dealkylation sites (N-methyl/N-ethyl adjacent to an activating group) is 1. The smallest absolute Gasteiger partial charge is 0.0589 e. The Bertz CT molecular complexity index is 359. The van der Waals surface area contributed by atoms with E-state index in [0.717, 1.165) is 26.2 Å². The van der Waals surface area contributed by atoms with E-state index >= 15 is 0 Å². The molecule has 0 heterocycles. The molecule has 0 fully saturated rings. The minimum absolute atomic E-state index is 0.398. The zero-order valence-electron chi connectivity index (χ0n) is 13.0. The summed E-state index contributed by atoms with van der Waals surface area (Å²) in [6.45, 7) is 10.3. The van der Waals surface area contributed by atoms with Gasteiger partial charge in [-0.15, -0.1) is 0 Å². The van der Waals surface area contributed by atoms with Gasteiger partial charge in [0.1, 0.15) is 0 Å². The molecule has 0 aromatic heterocycles. The van der Waals surface area contributed by atoms with Gasteiger partial charge in [-0.05, 0) is 33.4 Å². The third-order valence-corrected chi connectivity index (χ3v) is 3.37. The molecule has 1 unspecified atom stereocenters. The van der Waals surface area contributed by atoms with Crippen molar-refractivity contribution in [1.29, 1.82) is 0 Å². The summed E-state index contributed by atoms with van der Waals surface area (Å²) < 4.78 is 5.07. The second kappa shape index (κ2) is 8.31. The molecule has 0 spiro atoms. The molecule has 0 amide bonds. The maximum Gasteiger partial charge on any atom is 0.0589 e. The molecule has 0 aliphatic heterocycles. The summed E-state index contributed by atoms with van der Waals surface area (Å²) in [5.74, 6) is 0. The lowest BCUT2D eigenvalue weighted by Crippen LogP contribution is -2.32. The molecule has 1 atom stereocenters. The fourth-order valence-electron chi connectivity index (χ4n) is 2.21. The zero-order chi connectivity index (χ0) is 14.3. The van der Waals surface area contributed by atoms with Crippen molar-refractivity contribution in [3.8, 4) is 0 Å². The Morgan fingerprint density at radius 2 is 1.79 bits per heavy atom. The quantitative estimate of drug-likeness (QED) is 0.781. The first-order chi connectivity index (χ1) is 9.02. The second-order valence-corrected chi connectivity index (χ2v) is 5.39. The summed E-state index contributed by atoms with van der Waals surface area (Å²) in [4.78, 5) is 2.28. The molecule has 0 saturated carbocycles. The first-order valence-electron chi connectivity index (χ1n) is 7.02. The van der Waals surface area contributed by atoms with Gasteiger partial charge in [0.05, 0.1) is 6.61 Å². The van der Waals surface area contributed by atoms with E-state index in [4.69, 9.17) is 4.74 Å². The number of ether oxygens (including phenoxy) is 1. The molecule has 0 aliphatic carbocycles.